The number of amides is 2. The molecule has 0 aromatic heterocycles. The van der Waals surface area contributed by atoms with Crippen LogP contribution in [0.1, 0.15) is 23.7 Å². The summed E-state index contributed by atoms with van der Waals surface area (Å²) >= 11 is 0. The molecule has 2 N–H and O–H groups in total. The van der Waals surface area contributed by atoms with Gasteiger partial charge in [0.1, 0.15) is 5.69 Å². The normalized spacial score (nSPS) is 19.6. The van der Waals surface area contributed by atoms with Gasteiger partial charge in [-0.1, -0.05) is 0 Å². The Morgan fingerprint density at radius 1 is 1.15 bits per heavy atom. The summed E-state index contributed by atoms with van der Waals surface area (Å²) in [5, 5.41) is 11.6. The van der Waals surface area contributed by atoms with Gasteiger partial charge in [-0.15, -0.1) is 12.4 Å². The third-order valence-electron chi connectivity index (χ3n) is 5.00. The summed E-state index contributed by atoms with van der Waals surface area (Å²) in [6.07, 6.45) is 0.742. The summed E-state index contributed by atoms with van der Waals surface area (Å²) in [6.45, 7) is 4.66. The summed E-state index contributed by atoms with van der Waals surface area (Å²) in [7, 11) is 0. The standard InChI is InChI=1S/C17H23N5O4.ClH/c1-12(23)19-6-8-20(9-7-19)15-3-2-13(10-16(15)22(25)26)17(24)21-5-4-14(18)11-21;/h2-3,10,14H,4-9,11,18H2,1H3;1H/t14-;/m1./s1. The number of nitro groups is 1. The predicted octanol–water partition coefficient (Wildman–Crippen LogP) is 0.858. The number of nitrogens with zero attached hydrogens (tertiary/aromatic N) is 4. The number of nitro benzene ring substituents is 1. The molecule has 0 saturated carbocycles. The fraction of sp³-hybridized carbons (Fsp3) is 0.529. The SMILES string of the molecule is CC(=O)N1CCN(c2ccc(C(=O)N3CC[C@@H](N)C3)cc2[N+](=O)[O-])CC1.Cl. The first-order chi connectivity index (χ1) is 12.4. The number of nitrogens with two attached hydrogens (primary N) is 1. The van der Waals surface area contributed by atoms with Gasteiger partial charge in [0.05, 0.1) is 4.92 Å². The number of hydrogen-bond acceptors (Lipinski definition) is 6. The van der Waals surface area contributed by atoms with Crippen LogP contribution in [-0.2, 0) is 4.79 Å². The van der Waals surface area contributed by atoms with E-state index in [-0.39, 0.29) is 36.0 Å². The number of carbonyl (C=O) groups is 2. The molecule has 0 radical (unpaired) electrons. The molecular weight excluding hydrogens is 374 g/mol. The molecule has 3 rings (SSSR count). The molecule has 2 fully saturated rings. The highest BCUT2D eigenvalue weighted by Crippen LogP contribution is 2.31. The van der Waals surface area contributed by atoms with Crippen molar-refractivity contribution in [3.8, 4) is 0 Å². The average molecular weight is 398 g/mol. The molecule has 1 atom stereocenters. The summed E-state index contributed by atoms with van der Waals surface area (Å²) in [4.78, 5) is 40.3. The molecule has 2 heterocycles. The van der Waals surface area contributed by atoms with Crippen LogP contribution in [0.25, 0.3) is 0 Å². The van der Waals surface area contributed by atoms with Crippen LogP contribution < -0.4 is 10.6 Å². The molecule has 0 unspecified atom stereocenters. The number of benzene rings is 1. The lowest BCUT2D eigenvalue weighted by Gasteiger charge is -2.35. The van der Waals surface area contributed by atoms with Gasteiger partial charge in [-0.25, -0.2) is 0 Å². The van der Waals surface area contributed by atoms with Crippen molar-refractivity contribution in [1.29, 1.82) is 0 Å². The zero-order chi connectivity index (χ0) is 18.8. The van der Waals surface area contributed by atoms with Gasteiger partial charge in [0.2, 0.25) is 5.91 Å². The number of rotatable bonds is 3. The molecule has 1 aromatic carbocycles. The van der Waals surface area contributed by atoms with E-state index in [1.165, 1.54) is 13.0 Å². The first kappa shape index (κ1) is 20.9. The van der Waals surface area contributed by atoms with E-state index in [9.17, 15) is 19.7 Å². The lowest BCUT2D eigenvalue weighted by Crippen LogP contribution is -2.48. The monoisotopic (exact) mass is 397 g/mol. The second-order valence-electron chi connectivity index (χ2n) is 6.75. The number of halogens is 1. The van der Waals surface area contributed by atoms with Crippen LogP contribution in [-0.4, -0.2) is 71.8 Å². The van der Waals surface area contributed by atoms with Crippen molar-refractivity contribution >= 4 is 35.6 Å². The van der Waals surface area contributed by atoms with E-state index in [2.05, 4.69) is 0 Å². The Morgan fingerprint density at radius 2 is 1.81 bits per heavy atom. The van der Waals surface area contributed by atoms with E-state index in [1.54, 1.807) is 21.9 Å². The van der Waals surface area contributed by atoms with Crippen LogP contribution in [0.4, 0.5) is 11.4 Å². The maximum Gasteiger partial charge on any atom is 0.293 e. The van der Waals surface area contributed by atoms with Gasteiger partial charge in [0, 0.05) is 63.9 Å². The lowest BCUT2D eigenvalue weighted by atomic mass is 10.1. The van der Waals surface area contributed by atoms with E-state index >= 15 is 0 Å². The van der Waals surface area contributed by atoms with E-state index in [0.29, 0.717) is 50.5 Å². The molecule has 2 aliphatic rings. The van der Waals surface area contributed by atoms with E-state index in [1.807, 2.05) is 4.90 Å². The summed E-state index contributed by atoms with van der Waals surface area (Å²) < 4.78 is 0. The van der Waals surface area contributed by atoms with Gasteiger partial charge < -0.3 is 20.4 Å². The molecule has 2 saturated heterocycles. The Kier molecular flexibility index (Phi) is 6.61. The van der Waals surface area contributed by atoms with Crippen molar-refractivity contribution in [3.05, 3.63) is 33.9 Å². The van der Waals surface area contributed by atoms with Gasteiger partial charge in [0.15, 0.2) is 0 Å². The Hall–Kier alpha value is -2.39. The molecule has 2 aliphatic heterocycles. The minimum absolute atomic E-state index is 0. The molecule has 0 bridgehead atoms. The average Bonchev–Trinajstić information content (AvgIpc) is 3.07. The van der Waals surface area contributed by atoms with Crippen LogP contribution in [0.3, 0.4) is 0 Å². The van der Waals surface area contributed by atoms with Gasteiger partial charge in [-0.3, -0.25) is 19.7 Å². The Balaban J connectivity index is 0.00000261. The molecule has 27 heavy (non-hydrogen) atoms. The lowest BCUT2D eigenvalue weighted by molar-refractivity contribution is -0.384. The number of carbonyl (C=O) groups excluding carboxylic acids is 2. The van der Waals surface area contributed by atoms with Crippen molar-refractivity contribution in [3.63, 3.8) is 0 Å². The minimum Gasteiger partial charge on any atom is -0.362 e. The smallest absolute Gasteiger partial charge is 0.293 e. The van der Waals surface area contributed by atoms with Crippen molar-refractivity contribution in [2.24, 2.45) is 5.73 Å². The minimum atomic E-state index is -0.459. The Bertz CT molecular complexity index is 736. The molecule has 148 valence electrons. The van der Waals surface area contributed by atoms with Crippen LogP contribution in [0.5, 0.6) is 0 Å². The predicted molar refractivity (Wildman–Crippen MR) is 103 cm³/mol. The quantitative estimate of drug-likeness (QED) is 0.597. The van der Waals surface area contributed by atoms with Gasteiger partial charge in [0.25, 0.3) is 11.6 Å². The summed E-state index contributed by atoms with van der Waals surface area (Å²) in [5.41, 5.74) is 6.53. The Morgan fingerprint density at radius 3 is 2.33 bits per heavy atom. The van der Waals surface area contributed by atoms with Crippen molar-refractivity contribution in [2.45, 2.75) is 19.4 Å². The van der Waals surface area contributed by atoms with E-state index < -0.39 is 4.92 Å². The largest absolute Gasteiger partial charge is 0.362 e. The van der Waals surface area contributed by atoms with Gasteiger partial charge in [-0.2, -0.15) is 0 Å². The third kappa shape index (κ3) is 4.48. The fourth-order valence-corrected chi connectivity index (χ4v) is 3.49. The summed E-state index contributed by atoms with van der Waals surface area (Å²) in [6, 6.07) is 4.57. The van der Waals surface area contributed by atoms with Gasteiger partial charge in [-0.05, 0) is 18.6 Å². The highest BCUT2D eigenvalue weighted by Gasteiger charge is 2.29. The third-order valence-corrected chi connectivity index (χ3v) is 5.00. The molecule has 1 aromatic rings. The zero-order valence-electron chi connectivity index (χ0n) is 15.2. The van der Waals surface area contributed by atoms with Crippen LogP contribution in [0.15, 0.2) is 18.2 Å². The number of piperazine rings is 1. The molecular formula is C17H24ClN5O4. The first-order valence-electron chi connectivity index (χ1n) is 8.70. The topological polar surface area (TPSA) is 113 Å². The highest BCUT2D eigenvalue weighted by atomic mass is 35.5. The molecule has 10 heteroatoms. The second kappa shape index (κ2) is 8.53. The number of anilines is 1. The molecule has 2 amide bonds. The molecule has 0 spiro atoms. The highest BCUT2D eigenvalue weighted by molar-refractivity contribution is 5.96. The van der Waals surface area contributed by atoms with E-state index in [4.69, 9.17) is 5.73 Å². The van der Waals surface area contributed by atoms with Gasteiger partial charge >= 0.3 is 0 Å². The van der Waals surface area contributed by atoms with E-state index in [0.717, 1.165) is 6.42 Å². The first-order valence-corrected chi connectivity index (χ1v) is 8.70. The second-order valence-corrected chi connectivity index (χ2v) is 6.75. The summed E-state index contributed by atoms with van der Waals surface area (Å²) in [5.74, 6) is -0.224. The van der Waals surface area contributed by atoms with Crippen molar-refractivity contribution in [2.75, 3.05) is 44.2 Å². The van der Waals surface area contributed by atoms with Crippen molar-refractivity contribution in [1.82, 2.24) is 9.80 Å². The molecule has 0 aliphatic carbocycles. The number of hydrogen-bond donors (Lipinski definition) is 1. The maximum absolute atomic E-state index is 12.6. The molecule has 9 nitrogen and oxygen atoms in total. The maximum atomic E-state index is 12.6. The number of likely N-dealkylation sites (tertiary alicyclic amines) is 1. The Labute approximate surface area is 163 Å². The fourth-order valence-electron chi connectivity index (χ4n) is 3.49. The van der Waals surface area contributed by atoms with Crippen LogP contribution >= 0.6 is 12.4 Å². The van der Waals surface area contributed by atoms with Crippen molar-refractivity contribution < 1.29 is 14.5 Å². The van der Waals surface area contributed by atoms with Crippen LogP contribution in [0, 0.1) is 10.1 Å². The van der Waals surface area contributed by atoms with Crippen LogP contribution in [0.2, 0.25) is 0 Å². The zero-order valence-corrected chi connectivity index (χ0v) is 16.0.